The van der Waals surface area contributed by atoms with Crippen molar-refractivity contribution >= 4 is 10.0 Å². The molecule has 0 N–H and O–H groups in total. The maximum atomic E-state index is 12.6. The summed E-state index contributed by atoms with van der Waals surface area (Å²) in [5.41, 5.74) is 4.75. The molecule has 0 bridgehead atoms. The lowest BCUT2D eigenvalue weighted by Gasteiger charge is -2.34. The number of nitrogens with zero attached hydrogens (tertiary/aromatic N) is 2. The van der Waals surface area contributed by atoms with Crippen molar-refractivity contribution in [3.63, 3.8) is 0 Å². The highest BCUT2D eigenvalue weighted by molar-refractivity contribution is 7.88. The molecule has 3 rings (SSSR count). The van der Waals surface area contributed by atoms with Crippen LogP contribution >= 0.6 is 0 Å². The summed E-state index contributed by atoms with van der Waals surface area (Å²) in [5, 5.41) is 0. The van der Waals surface area contributed by atoms with Crippen LogP contribution in [-0.2, 0) is 22.3 Å². The molecule has 1 fully saturated rings. The topological polar surface area (TPSA) is 40.6 Å². The van der Waals surface area contributed by atoms with Gasteiger partial charge in [0.05, 0.1) is 5.75 Å². The summed E-state index contributed by atoms with van der Waals surface area (Å²) in [6.45, 7) is 7.83. The smallest absolute Gasteiger partial charge is 0.218 e. The van der Waals surface area contributed by atoms with Crippen LogP contribution in [0, 0.1) is 13.8 Å². The number of piperazine rings is 1. The predicted molar refractivity (Wildman–Crippen MR) is 102 cm³/mol. The molecule has 1 saturated heterocycles. The van der Waals surface area contributed by atoms with Crippen molar-refractivity contribution in [2.75, 3.05) is 26.2 Å². The molecule has 2 aromatic rings. The van der Waals surface area contributed by atoms with Crippen LogP contribution in [0.2, 0.25) is 0 Å². The van der Waals surface area contributed by atoms with Crippen molar-refractivity contribution in [1.82, 2.24) is 9.21 Å². The molecule has 25 heavy (non-hydrogen) atoms. The molecular formula is C20H26N2O2S. The molecule has 1 heterocycles. The maximum Gasteiger partial charge on any atom is 0.218 e. The number of rotatable bonds is 5. The van der Waals surface area contributed by atoms with E-state index in [0.29, 0.717) is 13.1 Å². The van der Waals surface area contributed by atoms with Gasteiger partial charge in [-0.15, -0.1) is 0 Å². The first-order valence-corrected chi connectivity index (χ1v) is 10.4. The molecule has 0 spiro atoms. The predicted octanol–water partition coefficient (Wildman–Crippen LogP) is 2.95. The molecule has 0 unspecified atom stereocenters. The van der Waals surface area contributed by atoms with Crippen LogP contribution in [0.3, 0.4) is 0 Å². The summed E-state index contributed by atoms with van der Waals surface area (Å²) < 4.78 is 26.9. The Morgan fingerprint density at radius 2 is 1.60 bits per heavy atom. The molecule has 4 nitrogen and oxygen atoms in total. The van der Waals surface area contributed by atoms with E-state index >= 15 is 0 Å². The number of sulfonamides is 1. The fourth-order valence-electron chi connectivity index (χ4n) is 3.25. The third kappa shape index (κ3) is 4.69. The van der Waals surface area contributed by atoms with Gasteiger partial charge < -0.3 is 0 Å². The Kier molecular flexibility index (Phi) is 5.57. The quantitative estimate of drug-likeness (QED) is 0.825. The number of hydrogen-bond donors (Lipinski definition) is 0. The largest absolute Gasteiger partial charge is 0.296 e. The van der Waals surface area contributed by atoms with E-state index in [4.69, 9.17) is 0 Å². The second-order valence-electron chi connectivity index (χ2n) is 6.85. The molecule has 0 radical (unpaired) electrons. The minimum atomic E-state index is -3.24. The molecule has 5 heteroatoms. The Balaban J connectivity index is 1.59. The Labute approximate surface area is 151 Å². The molecule has 0 saturated carbocycles. The minimum absolute atomic E-state index is 0.0881. The molecular weight excluding hydrogens is 332 g/mol. The van der Waals surface area contributed by atoms with Crippen LogP contribution in [0.4, 0.5) is 0 Å². The van der Waals surface area contributed by atoms with Crippen LogP contribution in [0.15, 0.2) is 48.5 Å². The lowest BCUT2D eigenvalue weighted by molar-refractivity contribution is 0.181. The van der Waals surface area contributed by atoms with E-state index in [1.807, 2.05) is 30.3 Å². The van der Waals surface area contributed by atoms with Gasteiger partial charge in [-0.2, -0.15) is 4.31 Å². The standard InChI is InChI=1S/C20H26N2O2S/c1-17-8-9-18(2)20(14-17)15-21-10-12-22(13-11-21)25(23,24)16-19-6-4-3-5-7-19/h3-9,14H,10-13,15-16H2,1-2H3. The van der Waals surface area contributed by atoms with Crippen molar-refractivity contribution in [1.29, 1.82) is 0 Å². The van der Waals surface area contributed by atoms with Crippen LogP contribution in [0.25, 0.3) is 0 Å². The molecule has 0 aromatic heterocycles. The van der Waals surface area contributed by atoms with Crippen molar-refractivity contribution in [2.24, 2.45) is 0 Å². The third-order valence-electron chi connectivity index (χ3n) is 4.82. The van der Waals surface area contributed by atoms with Crippen molar-refractivity contribution in [3.8, 4) is 0 Å². The van der Waals surface area contributed by atoms with Gasteiger partial charge in [-0.3, -0.25) is 4.90 Å². The molecule has 1 aliphatic rings. The van der Waals surface area contributed by atoms with Gasteiger partial charge in [0.2, 0.25) is 10.0 Å². The highest BCUT2D eigenvalue weighted by Gasteiger charge is 2.27. The van der Waals surface area contributed by atoms with Gasteiger partial charge in [0.1, 0.15) is 0 Å². The molecule has 0 aliphatic carbocycles. The fourth-order valence-corrected chi connectivity index (χ4v) is 4.77. The maximum absolute atomic E-state index is 12.6. The average Bonchev–Trinajstić information content (AvgIpc) is 2.59. The normalized spacial score (nSPS) is 16.9. The Hall–Kier alpha value is -1.69. The van der Waals surface area contributed by atoms with Gasteiger partial charge >= 0.3 is 0 Å². The fraction of sp³-hybridized carbons (Fsp3) is 0.400. The van der Waals surface area contributed by atoms with E-state index in [1.54, 1.807) is 4.31 Å². The summed E-state index contributed by atoms with van der Waals surface area (Å²) in [6.07, 6.45) is 0. The third-order valence-corrected chi connectivity index (χ3v) is 6.67. The molecule has 0 atom stereocenters. The second-order valence-corrected chi connectivity index (χ2v) is 8.82. The van der Waals surface area contributed by atoms with Crippen LogP contribution in [-0.4, -0.2) is 43.8 Å². The molecule has 134 valence electrons. The first-order valence-electron chi connectivity index (χ1n) is 8.74. The second kappa shape index (κ2) is 7.68. The number of benzene rings is 2. The average molecular weight is 359 g/mol. The van der Waals surface area contributed by atoms with Crippen LogP contribution in [0.5, 0.6) is 0 Å². The van der Waals surface area contributed by atoms with E-state index < -0.39 is 10.0 Å². The SMILES string of the molecule is Cc1ccc(C)c(CN2CCN(S(=O)(=O)Cc3ccccc3)CC2)c1. The van der Waals surface area contributed by atoms with Gasteiger partial charge in [0, 0.05) is 32.7 Å². The first kappa shape index (κ1) is 18.1. The van der Waals surface area contributed by atoms with E-state index in [0.717, 1.165) is 25.2 Å². The Morgan fingerprint density at radius 3 is 2.28 bits per heavy atom. The van der Waals surface area contributed by atoms with Gasteiger partial charge in [-0.25, -0.2) is 8.42 Å². The van der Waals surface area contributed by atoms with Crippen molar-refractivity contribution < 1.29 is 8.42 Å². The zero-order valence-corrected chi connectivity index (χ0v) is 15.8. The number of hydrogen-bond acceptors (Lipinski definition) is 3. The van der Waals surface area contributed by atoms with E-state index in [9.17, 15) is 8.42 Å². The summed E-state index contributed by atoms with van der Waals surface area (Å²) in [4.78, 5) is 2.34. The van der Waals surface area contributed by atoms with E-state index in [1.165, 1.54) is 16.7 Å². The molecule has 0 amide bonds. The zero-order valence-electron chi connectivity index (χ0n) is 15.0. The van der Waals surface area contributed by atoms with Crippen molar-refractivity contribution in [3.05, 3.63) is 70.8 Å². The van der Waals surface area contributed by atoms with E-state index in [2.05, 4.69) is 36.9 Å². The summed E-state index contributed by atoms with van der Waals surface area (Å²) in [7, 11) is -3.24. The Morgan fingerprint density at radius 1 is 0.920 bits per heavy atom. The highest BCUT2D eigenvalue weighted by Crippen LogP contribution is 2.17. The lowest BCUT2D eigenvalue weighted by Crippen LogP contribution is -2.48. The summed E-state index contributed by atoms with van der Waals surface area (Å²) >= 11 is 0. The molecule has 2 aromatic carbocycles. The van der Waals surface area contributed by atoms with Crippen LogP contribution in [0.1, 0.15) is 22.3 Å². The zero-order chi connectivity index (χ0) is 17.9. The van der Waals surface area contributed by atoms with Gasteiger partial charge in [-0.1, -0.05) is 54.1 Å². The Bertz CT molecular complexity index is 811. The minimum Gasteiger partial charge on any atom is -0.296 e. The van der Waals surface area contributed by atoms with Gasteiger partial charge in [0.15, 0.2) is 0 Å². The van der Waals surface area contributed by atoms with Crippen LogP contribution < -0.4 is 0 Å². The van der Waals surface area contributed by atoms with Crippen molar-refractivity contribution in [2.45, 2.75) is 26.1 Å². The van der Waals surface area contributed by atoms with E-state index in [-0.39, 0.29) is 5.75 Å². The highest BCUT2D eigenvalue weighted by atomic mass is 32.2. The lowest BCUT2D eigenvalue weighted by atomic mass is 10.1. The number of aryl methyl sites for hydroxylation is 2. The first-order chi connectivity index (χ1) is 11.9. The van der Waals surface area contributed by atoms with Gasteiger partial charge in [0.25, 0.3) is 0 Å². The monoisotopic (exact) mass is 358 g/mol. The molecule has 1 aliphatic heterocycles. The summed E-state index contributed by atoms with van der Waals surface area (Å²) in [5.74, 6) is 0.0881. The summed E-state index contributed by atoms with van der Waals surface area (Å²) in [6, 6.07) is 15.9. The van der Waals surface area contributed by atoms with Gasteiger partial charge in [-0.05, 0) is 30.5 Å².